The Labute approximate surface area is 144 Å². The first-order valence-corrected chi connectivity index (χ1v) is 8.94. The SMILES string of the molecule is Cc1ccsc1C(=O)OCc1cc(=O)n2c(n1)sc1ccccc12. The number of rotatable bonds is 3. The molecule has 0 aliphatic carbocycles. The molecule has 24 heavy (non-hydrogen) atoms. The van der Waals surface area contributed by atoms with E-state index >= 15 is 0 Å². The van der Waals surface area contributed by atoms with Crippen molar-refractivity contribution in [3.05, 3.63) is 68.3 Å². The van der Waals surface area contributed by atoms with Gasteiger partial charge in [0.15, 0.2) is 4.96 Å². The second kappa shape index (κ2) is 5.85. The Bertz CT molecular complexity index is 1120. The van der Waals surface area contributed by atoms with E-state index in [1.165, 1.54) is 28.7 Å². The van der Waals surface area contributed by atoms with Gasteiger partial charge >= 0.3 is 5.97 Å². The van der Waals surface area contributed by atoms with Crippen LogP contribution >= 0.6 is 22.7 Å². The first kappa shape index (κ1) is 15.0. The van der Waals surface area contributed by atoms with E-state index in [0.29, 0.717) is 15.5 Å². The lowest BCUT2D eigenvalue weighted by Gasteiger charge is -2.04. The van der Waals surface area contributed by atoms with Gasteiger partial charge in [0.25, 0.3) is 5.56 Å². The van der Waals surface area contributed by atoms with Gasteiger partial charge in [0.1, 0.15) is 11.5 Å². The van der Waals surface area contributed by atoms with Crippen molar-refractivity contribution in [2.75, 3.05) is 0 Å². The first-order chi connectivity index (χ1) is 11.6. The van der Waals surface area contributed by atoms with Crippen molar-refractivity contribution >= 4 is 43.8 Å². The normalized spacial score (nSPS) is 11.2. The summed E-state index contributed by atoms with van der Waals surface area (Å²) < 4.78 is 7.87. The topological polar surface area (TPSA) is 60.7 Å². The van der Waals surface area contributed by atoms with E-state index in [4.69, 9.17) is 4.74 Å². The molecule has 4 rings (SSSR count). The van der Waals surface area contributed by atoms with E-state index in [0.717, 1.165) is 15.8 Å². The average molecular weight is 356 g/mol. The van der Waals surface area contributed by atoms with Crippen molar-refractivity contribution in [2.45, 2.75) is 13.5 Å². The van der Waals surface area contributed by atoms with Crippen molar-refractivity contribution in [2.24, 2.45) is 0 Å². The van der Waals surface area contributed by atoms with E-state index < -0.39 is 0 Å². The van der Waals surface area contributed by atoms with E-state index in [2.05, 4.69) is 4.98 Å². The highest BCUT2D eigenvalue weighted by Gasteiger charge is 2.14. The molecule has 0 atom stereocenters. The Morgan fingerprint density at radius 3 is 2.92 bits per heavy atom. The van der Waals surface area contributed by atoms with Crippen molar-refractivity contribution in [1.29, 1.82) is 0 Å². The number of fused-ring (bicyclic) bond motifs is 3. The predicted molar refractivity (Wildman–Crippen MR) is 95.0 cm³/mol. The third-order valence-electron chi connectivity index (χ3n) is 3.65. The van der Waals surface area contributed by atoms with Crippen molar-refractivity contribution in [3.8, 4) is 0 Å². The zero-order chi connectivity index (χ0) is 16.7. The zero-order valence-corrected chi connectivity index (χ0v) is 14.3. The number of para-hydroxylation sites is 1. The average Bonchev–Trinajstić information content (AvgIpc) is 3.15. The fourth-order valence-corrected chi connectivity index (χ4v) is 4.35. The molecular formula is C17H12N2O3S2. The molecule has 0 unspecified atom stereocenters. The highest BCUT2D eigenvalue weighted by molar-refractivity contribution is 7.23. The number of hydrogen-bond acceptors (Lipinski definition) is 6. The Balaban J connectivity index is 1.66. The van der Waals surface area contributed by atoms with Crippen LogP contribution in [0.3, 0.4) is 0 Å². The van der Waals surface area contributed by atoms with Gasteiger partial charge < -0.3 is 4.74 Å². The molecular weight excluding hydrogens is 344 g/mol. The van der Waals surface area contributed by atoms with Crippen LogP contribution in [0.25, 0.3) is 15.2 Å². The minimum Gasteiger partial charge on any atom is -0.455 e. The zero-order valence-electron chi connectivity index (χ0n) is 12.7. The summed E-state index contributed by atoms with van der Waals surface area (Å²) in [6.45, 7) is 1.84. The molecule has 0 radical (unpaired) electrons. The third-order valence-corrected chi connectivity index (χ3v) is 5.67. The summed E-state index contributed by atoms with van der Waals surface area (Å²) in [5.41, 5.74) is 2.01. The molecule has 0 amide bonds. The fraction of sp³-hybridized carbons (Fsp3) is 0.118. The Morgan fingerprint density at radius 1 is 1.29 bits per heavy atom. The summed E-state index contributed by atoms with van der Waals surface area (Å²) in [6, 6.07) is 10.9. The Kier molecular flexibility index (Phi) is 3.66. The van der Waals surface area contributed by atoms with Gasteiger partial charge in [-0.25, -0.2) is 9.78 Å². The molecule has 0 saturated carbocycles. The van der Waals surface area contributed by atoms with Gasteiger partial charge in [-0.15, -0.1) is 11.3 Å². The largest absolute Gasteiger partial charge is 0.455 e. The minimum atomic E-state index is -0.388. The van der Waals surface area contributed by atoms with Gasteiger partial charge in [0.05, 0.1) is 15.9 Å². The van der Waals surface area contributed by atoms with Crippen LogP contribution < -0.4 is 5.56 Å². The number of thiophene rings is 1. The quantitative estimate of drug-likeness (QED) is 0.526. The predicted octanol–water partition coefficient (Wildman–Crippen LogP) is 3.64. The first-order valence-electron chi connectivity index (χ1n) is 7.25. The van der Waals surface area contributed by atoms with Crippen molar-refractivity contribution in [1.82, 2.24) is 9.38 Å². The number of carbonyl (C=O) groups is 1. The second-order valence-corrected chi connectivity index (χ2v) is 7.21. The van der Waals surface area contributed by atoms with E-state index in [1.807, 2.05) is 42.6 Å². The van der Waals surface area contributed by atoms with Gasteiger partial charge in [-0.2, -0.15) is 0 Å². The van der Waals surface area contributed by atoms with E-state index in [9.17, 15) is 9.59 Å². The van der Waals surface area contributed by atoms with Crippen LogP contribution in [0.1, 0.15) is 20.9 Å². The molecule has 0 fully saturated rings. The Hall–Kier alpha value is -2.51. The van der Waals surface area contributed by atoms with Gasteiger partial charge in [-0.3, -0.25) is 9.20 Å². The maximum atomic E-state index is 12.4. The molecule has 5 nitrogen and oxygen atoms in total. The molecule has 0 aliphatic rings. The third kappa shape index (κ3) is 2.51. The molecule has 0 bridgehead atoms. The summed E-state index contributed by atoms with van der Waals surface area (Å²) >= 11 is 2.78. The minimum absolute atomic E-state index is 0.0177. The number of ether oxygens (including phenoxy) is 1. The molecule has 0 aliphatic heterocycles. The number of aryl methyl sites for hydroxylation is 1. The van der Waals surface area contributed by atoms with Crippen LogP contribution in [0.5, 0.6) is 0 Å². The summed E-state index contributed by atoms with van der Waals surface area (Å²) in [7, 11) is 0. The number of benzene rings is 1. The summed E-state index contributed by atoms with van der Waals surface area (Å²) in [5.74, 6) is -0.388. The smallest absolute Gasteiger partial charge is 0.348 e. The molecule has 1 aromatic carbocycles. The molecule has 0 N–H and O–H groups in total. The molecule has 3 heterocycles. The monoisotopic (exact) mass is 356 g/mol. The van der Waals surface area contributed by atoms with E-state index in [-0.39, 0.29) is 18.1 Å². The maximum Gasteiger partial charge on any atom is 0.348 e. The number of carbonyl (C=O) groups excluding carboxylic acids is 1. The van der Waals surface area contributed by atoms with Crippen LogP contribution in [-0.4, -0.2) is 15.4 Å². The lowest BCUT2D eigenvalue weighted by Crippen LogP contribution is -2.15. The lowest BCUT2D eigenvalue weighted by atomic mass is 10.3. The molecule has 3 aromatic heterocycles. The molecule has 120 valence electrons. The summed E-state index contributed by atoms with van der Waals surface area (Å²) in [5, 5.41) is 1.85. The van der Waals surface area contributed by atoms with Crippen molar-refractivity contribution in [3.63, 3.8) is 0 Å². The highest BCUT2D eigenvalue weighted by atomic mass is 32.1. The number of hydrogen-bond donors (Lipinski definition) is 0. The highest BCUT2D eigenvalue weighted by Crippen LogP contribution is 2.23. The molecule has 4 aromatic rings. The number of esters is 1. The fourth-order valence-electron chi connectivity index (χ4n) is 2.48. The van der Waals surface area contributed by atoms with Gasteiger partial charge in [0, 0.05) is 6.07 Å². The second-order valence-electron chi connectivity index (χ2n) is 5.28. The van der Waals surface area contributed by atoms with Gasteiger partial charge in [-0.1, -0.05) is 23.5 Å². The van der Waals surface area contributed by atoms with Gasteiger partial charge in [0.2, 0.25) is 0 Å². The van der Waals surface area contributed by atoms with Crippen LogP contribution in [-0.2, 0) is 11.3 Å². The van der Waals surface area contributed by atoms with Crippen LogP contribution in [0, 0.1) is 6.92 Å². The Morgan fingerprint density at radius 2 is 2.12 bits per heavy atom. The summed E-state index contributed by atoms with van der Waals surface area (Å²) in [4.78, 5) is 30.1. The number of thiazole rings is 1. The molecule has 0 saturated heterocycles. The number of aromatic nitrogens is 2. The number of nitrogens with zero attached hydrogens (tertiary/aromatic N) is 2. The van der Waals surface area contributed by atoms with Crippen LogP contribution in [0.15, 0.2) is 46.6 Å². The van der Waals surface area contributed by atoms with Gasteiger partial charge in [-0.05, 0) is 36.1 Å². The van der Waals surface area contributed by atoms with Crippen molar-refractivity contribution < 1.29 is 9.53 Å². The van der Waals surface area contributed by atoms with Crippen LogP contribution in [0.4, 0.5) is 0 Å². The lowest BCUT2D eigenvalue weighted by molar-refractivity contribution is 0.0473. The molecule has 0 spiro atoms. The van der Waals surface area contributed by atoms with E-state index in [1.54, 1.807) is 4.40 Å². The molecule has 7 heteroatoms. The summed E-state index contributed by atoms with van der Waals surface area (Å²) in [6.07, 6.45) is 0. The standard InChI is InChI=1S/C17H12N2O3S2/c1-10-6-7-23-15(10)16(21)22-9-11-8-14(20)19-12-4-2-3-5-13(12)24-17(19)18-11/h2-8H,9H2,1H3. The maximum absolute atomic E-state index is 12.4. The van der Waals surface area contributed by atoms with Crippen LogP contribution in [0.2, 0.25) is 0 Å².